The van der Waals surface area contributed by atoms with Gasteiger partial charge in [-0.15, -0.1) is 0 Å². The molecule has 1 N–H and O–H groups in total. The van der Waals surface area contributed by atoms with Crippen LogP contribution >= 0.6 is 11.8 Å². The molecule has 2 aromatic carbocycles. The molecule has 1 aromatic heterocycles. The third-order valence-electron chi connectivity index (χ3n) is 5.03. The first kappa shape index (κ1) is 18.2. The molecule has 3 aromatic rings. The lowest BCUT2D eigenvalue weighted by atomic mass is 10.2. The van der Waals surface area contributed by atoms with E-state index < -0.39 is 0 Å². The number of aromatic nitrogens is 2. The van der Waals surface area contributed by atoms with Crippen LogP contribution in [0.3, 0.4) is 0 Å². The first-order valence-corrected chi connectivity index (χ1v) is 10.5. The normalized spacial score (nSPS) is 15.4. The van der Waals surface area contributed by atoms with Gasteiger partial charge in [-0.05, 0) is 49.4 Å². The maximum Gasteiger partial charge on any atom is 0.166 e. The molecule has 1 aliphatic rings. The zero-order chi connectivity index (χ0) is 18.5. The zero-order valence-corrected chi connectivity index (χ0v) is 16.5. The van der Waals surface area contributed by atoms with Crippen LogP contribution in [0.1, 0.15) is 6.42 Å². The van der Waals surface area contributed by atoms with Gasteiger partial charge in [0.2, 0.25) is 0 Å². The Kier molecular flexibility index (Phi) is 5.84. The number of imidazole rings is 1. The van der Waals surface area contributed by atoms with E-state index in [9.17, 15) is 0 Å². The first-order valence-electron chi connectivity index (χ1n) is 9.51. The van der Waals surface area contributed by atoms with Crippen molar-refractivity contribution in [3.05, 3.63) is 48.5 Å². The minimum absolute atomic E-state index is 0.916. The standard InChI is InChI=1S/C21H26N4OS/c1-26-18-9-7-17(8-10-18)25-14-12-24(13-15-25)11-4-16-27-21-22-19-5-2-3-6-20(19)23-21/h2-3,5-10H,4,11-16H2,1H3,(H,22,23). The third kappa shape index (κ3) is 4.57. The van der Waals surface area contributed by atoms with Crippen molar-refractivity contribution >= 4 is 28.5 Å². The highest BCUT2D eigenvalue weighted by Gasteiger charge is 2.16. The van der Waals surface area contributed by atoms with Crippen molar-refractivity contribution in [3.63, 3.8) is 0 Å². The highest BCUT2D eigenvalue weighted by molar-refractivity contribution is 7.99. The van der Waals surface area contributed by atoms with Crippen molar-refractivity contribution < 1.29 is 4.74 Å². The molecule has 27 heavy (non-hydrogen) atoms. The van der Waals surface area contributed by atoms with E-state index in [-0.39, 0.29) is 0 Å². The Bertz CT molecular complexity index is 823. The Morgan fingerprint density at radius 3 is 2.56 bits per heavy atom. The lowest BCUT2D eigenvalue weighted by molar-refractivity contribution is 0.259. The van der Waals surface area contributed by atoms with Gasteiger partial charge < -0.3 is 14.6 Å². The van der Waals surface area contributed by atoms with Crippen LogP contribution in [0.5, 0.6) is 5.75 Å². The van der Waals surface area contributed by atoms with Gasteiger partial charge in [0.1, 0.15) is 5.75 Å². The topological polar surface area (TPSA) is 44.4 Å². The van der Waals surface area contributed by atoms with Gasteiger partial charge in [0, 0.05) is 37.6 Å². The van der Waals surface area contributed by atoms with Gasteiger partial charge in [-0.25, -0.2) is 4.98 Å². The molecular formula is C21H26N4OS. The van der Waals surface area contributed by atoms with E-state index in [4.69, 9.17) is 4.74 Å². The summed E-state index contributed by atoms with van der Waals surface area (Å²) in [5, 5.41) is 1.03. The average Bonchev–Trinajstić information content (AvgIpc) is 3.15. The largest absolute Gasteiger partial charge is 0.497 e. The fourth-order valence-corrected chi connectivity index (χ4v) is 4.29. The van der Waals surface area contributed by atoms with E-state index in [1.165, 1.54) is 12.1 Å². The van der Waals surface area contributed by atoms with Crippen molar-refractivity contribution in [1.82, 2.24) is 14.9 Å². The minimum Gasteiger partial charge on any atom is -0.497 e. The molecule has 0 bridgehead atoms. The van der Waals surface area contributed by atoms with Gasteiger partial charge in [-0.1, -0.05) is 23.9 Å². The number of rotatable bonds is 7. The molecule has 1 saturated heterocycles. The van der Waals surface area contributed by atoms with Gasteiger partial charge in [-0.3, -0.25) is 4.90 Å². The van der Waals surface area contributed by atoms with Crippen LogP contribution in [0.25, 0.3) is 11.0 Å². The van der Waals surface area contributed by atoms with Crippen LogP contribution < -0.4 is 9.64 Å². The SMILES string of the molecule is COc1ccc(N2CCN(CCCSc3nc4ccccc4[nH]3)CC2)cc1. The Hall–Kier alpha value is -2.18. The molecular weight excluding hydrogens is 356 g/mol. The molecule has 2 heterocycles. The first-order chi connectivity index (χ1) is 13.3. The van der Waals surface area contributed by atoms with Gasteiger partial charge >= 0.3 is 0 Å². The Balaban J connectivity index is 1.18. The van der Waals surface area contributed by atoms with Crippen LogP contribution in [-0.4, -0.2) is 60.5 Å². The number of para-hydroxylation sites is 2. The highest BCUT2D eigenvalue weighted by atomic mass is 32.2. The number of ether oxygens (including phenoxy) is 1. The Morgan fingerprint density at radius 1 is 1.04 bits per heavy atom. The van der Waals surface area contributed by atoms with Gasteiger partial charge in [0.25, 0.3) is 0 Å². The summed E-state index contributed by atoms with van der Waals surface area (Å²) in [5.74, 6) is 2.01. The summed E-state index contributed by atoms with van der Waals surface area (Å²) in [6.07, 6.45) is 1.18. The predicted molar refractivity (Wildman–Crippen MR) is 113 cm³/mol. The molecule has 0 saturated carbocycles. The maximum atomic E-state index is 5.24. The van der Waals surface area contributed by atoms with E-state index >= 15 is 0 Å². The molecule has 6 heteroatoms. The number of aromatic amines is 1. The number of methoxy groups -OCH3 is 1. The van der Waals surface area contributed by atoms with Crippen LogP contribution in [0, 0.1) is 0 Å². The predicted octanol–water partition coefficient (Wildman–Crippen LogP) is 3.88. The summed E-state index contributed by atoms with van der Waals surface area (Å²) in [7, 11) is 1.71. The summed E-state index contributed by atoms with van der Waals surface area (Å²) in [5.41, 5.74) is 3.46. The molecule has 4 rings (SSSR count). The van der Waals surface area contributed by atoms with Crippen molar-refractivity contribution in [1.29, 1.82) is 0 Å². The van der Waals surface area contributed by atoms with E-state index in [0.29, 0.717) is 0 Å². The number of thioether (sulfide) groups is 1. The molecule has 0 aliphatic carbocycles. The number of hydrogen-bond acceptors (Lipinski definition) is 5. The highest BCUT2D eigenvalue weighted by Crippen LogP contribution is 2.22. The fraction of sp³-hybridized carbons (Fsp3) is 0.381. The van der Waals surface area contributed by atoms with E-state index in [2.05, 4.69) is 44.0 Å². The van der Waals surface area contributed by atoms with Crippen molar-refractivity contribution in [3.8, 4) is 5.75 Å². The fourth-order valence-electron chi connectivity index (χ4n) is 3.48. The molecule has 0 amide bonds. The number of H-pyrrole nitrogens is 1. The number of hydrogen-bond donors (Lipinski definition) is 1. The Labute approximate surface area is 164 Å². The number of piperazine rings is 1. The lowest BCUT2D eigenvalue weighted by Crippen LogP contribution is -2.46. The number of benzene rings is 2. The number of nitrogens with one attached hydrogen (secondary N) is 1. The zero-order valence-electron chi connectivity index (χ0n) is 15.7. The number of anilines is 1. The second-order valence-electron chi connectivity index (χ2n) is 6.79. The van der Waals surface area contributed by atoms with E-state index in [0.717, 1.165) is 60.4 Å². The quantitative estimate of drug-likeness (QED) is 0.496. The second kappa shape index (κ2) is 8.67. The van der Waals surface area contributed by atoms with Crippen molar-refractivity contribution in [2.75, 3.05) is 50.5 Å². The summed E-state index contributed by atoms with van der Waals surface area (Å²) < 4.78 is 5.24. The summed E-state index contributed by atoms with van der Waals surface area (Å²) >= 11 is 1.82. The molecule has 1 fully saturated rings. The monoisotopic (exact) mass is 382 g/mol. The van der Waals surface area contributed by atoms with Gasteiger partial charge in [-0.2, -0.15) is 0 Å². The lowest BCUT2D eigenvalue weighted by Gasteiger charge is -2.36. The number of nitrogens with zero attached hydrogens (tertiary/aromatic N) is 3. The smallest absolute Gasteiger partial charge is 0.166 e. The maximum absolute atomic E-state index is 5.24. The van der Waals surface area contributed by atoms with Crippen LogP contribution in [0.2, 0.25) is 0 Å². The molecule has 0 radical (unpaired) electrons. The van der Waals surface area contributed by atoms with Crippen molar-refractivity contribution in [2.45, 2.75) is 11.6 Å². The van der Waals surface area contributed by atoms with Crippen LogP contribution in [0.15, 0.2) is 53.7 Å². The van der Waals surface area contributed by atoms with Gasteiger partial charge in [0.15, 0.2) is 5.16 Å². The van der Waals surface area contributed by atoms with Gasteiger partial charge in [0.05, 0.1) is 18.1 Å². The summed E-state index contributed by atoms with van der Waals surface area (Å²) in [6.45, 7) is 5.58. The molecule has 142 valence electrons. The van der Waals surface area contributed by atoms with E-state index in [1.54, 1.807) is 7.11 Å². The van der Waals surface area contributed by atoms with Crippen LogP contribution in [-0.2, 0) is 0 Å². The Morgan fingerprint density at radius 2 is 1.81 bits per heavy atom. The average molecular weight is 383 g/mol. The summed E-state index contributed by atoms with van der Waals surface area (Å²) in [4.78, 5) is 13.0. The molecule has 0 atom stereocenters. The molecule has 0 spiro atoms. The third-order valence-corrected chi connectivity index (χ3v) is 5.99. The molecule has 0 unspecified atom stereocenters. The molecule has 1 aliphatic heterocycles. The van der Waals surface area contributed by atoms with E-state index in [1.807, 2.05) is 36.0 Å². The second-order valence-corrected chi connectivity index (χ2v) is 7.87. The summed E-state index contributed by atoms with van der Waals surface area (Å²) in [6, 6.07) is 16.6. The molecule has 5 nitrogen and oxygen atoms in total. The number of fused-ring (bicyclic) bond motifs is 1. The minimum atomic E-state index is 0.916. The van der Waals surface area contributed by atoms with Crippen molar-refractivity contribution in [2.24, 2.45) is 0 Å². The van der Waals surface area contributed by atoms with Crippen LogP contribution in [0.4, 0.5) is 5.69 Å².